The number of rotatable bonds is 11. The van der Waals surface area contributed by atoms with Gasteiger partial charge >= 0.3 is 6.18 Å². The first-order chi connectivity index (χ1) is 42.7. The van der Waals surface area contributed by atoms with E-state index >= 15 is 9.59 Å². The van der Waals surface area contributed by atoms with Crippen molar-refractivity contribution in [1.29, 1.82) is 0 Å². The average Bonchev–Trinajstić information content (AvgIpc) is 1.75. The normalized spacial score (nSPS) is 29.7. The molecule has 22 nitrogen and oxygen atoms in total. The molecule has 0 aromatic rings. The molecule has 2 heterocycles. The maximum atomic E-state index is 15.1. The zero-order valence-electron chi connectivity index (χ0n) is 56.4. The van der Waals surface area contributed by atoms with Gasteiger partial charge in [-0.2, -0.15) is 13.2 Å². The smallest absolute Gasteiger partial charge is 0.351 e. The van der Waals surface area contributed by atoms with Crippen molar-refractivity contribution in [2.45, 2.75) is 243 Å². The minimum Gasteiger partial charge on any atom is -0.351 e. The number of alkyl halides is 4. The zero-order valence-corrected chi connectivity index (χ0v) is 57.1. The average molecular weight is 1310 g/mol. The molecule has 3 saturated carbocycles. The predicted octanol–water partition coefficient (Wildman–Crippen LogP) is 5.62. The second-order valence-electron chi connectivity index (χ2n) is 27.8. The monoisotopic (exact) mass is 1310 g/mol. The first-order valence-corrected chi connectivity index (χ1v) is 33.9. The summed E-state index contributed by atoms with van der Waals surface area (Å²) in [5.74, 6) is -9.50. The Kier molecular flexibility index (Phi) is 28.3. The summed E-state index contributed by atoms with van der Waals surface area (Å²) in [5, 5.41) is 10.5. The van der Waals surface area contributed by atoms with Crippen molar-refractivity contribution in [3.05, 3.63) is 0 Å². The lowest BCUT2D eigenvalue weighted by Crippen LogP contribution is -2.64. The molecular weight excluding hydrogens is 1200 g/mol. The molecule has 2 saturated heterocycles. The lowest BCUT2D eigenvalue weighted by Gasteiger charge is -2.39. The Bertz CT molecular complexity index is 2570. The van der Waals surface area contributed by atoms with E-state index < -0.39 is 162 Å². The van der Waals surface area contributed by atoms with Gasteiger partial charge in [0.25, 0.3) is 0 Å². The Hall–Kier alpha value is -5.75. The fourth-order valence-corrected chi connectivity index (χ4v) is 14.7. The van der Waals surface area contributed by atoms with Crippen molar-refractivity contribution >= 4 is 76.6 Å². The summed E-state index contributed by atoms with van der Waals surface area (Å²) in [6.45, 7) is 12.9. The number of hydrogen-bond acceptors (Lipinski definition) is 11. The second kappa shape index (κ2) is 33.9. The summed E-state index contributed by atoms with van der Waals surface area (Å²) in [6.07, 6.45) is 2.90. The van der Waals surface area contributed by atoms with Crippen LogP contribution >= 0.6 is 11.6 Å². The van der Waals surface area contributed by atoms with Crippen molar-refractivity contribution < 1.29 is 65.9 Å². The van der Waals surface area contributed by atoms with E-state index in [0.29, 0.717) is 25.7 Å². The van der Waals surface area contributed by atoms with Gasteiger partial charge < -0.3 is 55.6 Å². The number of amides is 11. The van der Waals surface area contributed by atoms with E-state index in [0.717, 1.165) is 37.0 Å². The Morgan fingerprint density at radius 3 is 1.85 bits per heavy atom. The first-order valence-electron chi connectivity index (χ1n) is 33.5. The molecule has 5 aliphatic rings. The highest BCUT2D eigenvalue weighted by molar-refractivity contribution is 6.20. The van der Waals surface area contributed by atoms with Gasteiger partial charge in [0.05, 0.1) is 25.6 Å². The molecule has 11 atom stereocenters. The van der Waals surface area contributed by atoms with Gasteiger partial charge in [-0.25, -0.2) is 0 Å². The maximum absolute atomic E-state index is 15.1. The lowest BCUT2D eigenvalue weighted by molar-refractivity contribution is -0.182. The zero-order chi connectivity index (χ0) is 68.0. The first kappa shape index (κ1) is 76.0. The Morgan fingerprint density at radius 2 is 1.26 bits per heavy atom. The minimum atomic E-state index is -4.49. The Morgan fingerprint density at radius 1 is 0.626 bits per heavy atom. The molecule has 0 aromatic carbocycles. The van der Waals surface area contributed by atoms with Crippen LogP contribution < -0.4 is 21.3 Å². The topological polar surface area (TPSA) is 259 Å². The molecule has 26 heteroatoms. The summed E-state index contributed by atoms with van der Waals surface area (Å²) in [5.41, 5.74) is -1.48. The molecular formula is C65H107ClF3N11O11. The van der Waals surface area contributed by atoms with Crippen LogP contribution in [0.3, 0.4) is 0 Å². The van der Waals surface area contributed by atoms with E-state index in [1.807, 2.05) is 20.8 Å². The van der Waals surface area contributed by atoms with E-state index in [-0.39, 0.29) is 101 Å². The van der Waals surface area contributed by atoms with Crippen LogP contribution in [0.25, 0.3) is 0 Å². The number of nitrogens with zero attached hydrogens (tertiary/aromatic N) is 7. The number of carbonyl (C=O) groups is 11. The number of carbonyl (C=O) groups excluding carboxylic acids is 11. The largest absolute Gasteiger partial charge is 0.393 e. The lowest BCUT2D eigenvalue weighted by atomic mass is 9.78. The molecule has 0 radical (unpaired) electrons. The molecule has 1 spiro atoms. The van der Waals surface area contributed by atoms with Gasteiger partial charge in [-0.1, -0.05) is 92.9 Å². The van der Waals surface area contributed by atoms with Crippen LogP contribution in [0.4, 0.5) is 13.2 Å². The Balaban J connectivity index is 1.54. The maximum Gasteiger partial charge on any atom is 0.393 e. The molecule has 3 unspecified atom stereocenters. The van der Waals surface area contributed by atoms with Crippen molar-refractivity contribution in [3.63, 3.8) is 0 Å². The highest BCUT2D eigenvalue weighted by atomic mass is 35.5. The summed E-state index contributed by atoms with van der Waals surface area (Å²) in [4.78, 5) is 169. The Labute approximate surface area is 542 Å². The number of fused-ring (bicyclic) bond motifs is 1. The number of halogens is 4. The number of hydrogen-bond donors (Lipinski definition) is 4. The van der Waals surface area contributed by atoms with Gasteiger partial charge in [0.2, 0.25) is 65.0 Å². The van der Waals surface area contributed by atoms with Crippen molar-refractivity contribution in [3.8, 4) is 0 Å². The van der Waals surface area contributed by atoms with Crippen molar-refractivity contribution in [2.75, 3.05) is 68.0 Å². The van der Waals surface area contributed by atoms with Gasteiger partial charge in [-0.05, 0) is 114 Å². The van der Waals surface area contributed by atoms with Gasteiger partial charge in [0.1, 0.15) is 41.8 Å². The third-order valence-corrected chi connectivity index (χ3v) is 20.5. The van der Waals surface area contributed by atoms with Crippen LogP contribution in [-0.2, 0) is 52.7 Å². The van der Waals surface area contributed by atoms with Crippen molar-refractivity contribution in [1.82, 2.24) is 55.6 Å². The highest BCUT2D eigenvalue weighted by Crippen LogP contribution is 2.44. The van der Waals surface area contributed by atoms with Crippen molar-refractivity contribution in [2.24, 2.45) is 35.5 Å². The predicted molar refractivity (Wildman–Crippen MR) is 338 cm³/mol. The van der Waals surface area contributed by atoms with Crippen LogP contribution in [0.5, 0.6) is 0 Å². The molecule has 5 fully saturated rings. The standard InChI is InChI=1S/C65H107ClF3N11O11/c1-14-41(7)55-62(90)79(15-2)38-53(83)74(9)37-54(84)77(12)50(35-43-22-17-16-18-23-43)61(89)75(10)36-51(81)71-47(28-26-44-25-27-45(46(66)34-44)65(67,68)69)60(88)80-31-21-24-48(80)58(86)73-64(29-19-20-30-64)63(91)78(13)56(40(5)6)59(87)70-42(8)33-52(82)76(11)49(32-39(3)4)57(85)72-55/h39-50,55-56H,14-38H2,1-13H3,(H,70,87)(H,71,81)(H,72,85)(H,73,86)/t41-,42+,44?,45?,46?,47-,48-,49-,50-,55-,56-/m0/s1. The SMILES string of the molecule is CC[C@H](C)[C@@H]1NC(=O)[C@H](CC(C)C)N(C)C(=O)C[C@@H](C)NC(=O)[C@H](C(C)C)N(C)C(=O)C2(CCCC2)NC(=O)[C@@H]2CCCN2C(=O)[C@H](CCC2CCC(C(F)(F)F)C(Cl)C2)NC(=O)CN(C)C(=O)[C@H](CC2CCCCC2)N(C)C(=O)CN(C)C(=O)CN(CC)C1=O. The van der Waals surface area contributed by atoms with E-state index in [9.17, 15) is 56.3 Å². The van der Waals surface area contributed by atoms with E-state index in [1.165, 1.54) is 64.6 Å². The van der Waals surface area contributed by atoms with Gasteiger partial charge in [-0.3, -0.25) is 52.7 Å². The molecule has 11 amide bonds. The van der Waals surface area contributed by atoms with E-state index in [4.69, 9.17) is 11.6 Å². The van der Waals surface area contributed by atoms with Gasteiger partial charge in [0.15, 0.2) is 0 Å². The fraction of sp³-hybridized carbons (Fsp3) is 0.831. The number of nitrogens with one attached hydrogen (secondary N) is 4. The van der Waals surface area contributed by atoms with Crippen LogP contribution in [0.15, 0.2) is 0 Å². The van der Waals surface area contributed by atoms with Crippen LogP contribution in [0.2, 0.25) is 0 Å². The molecule has 516 valence electrons. The second-order valence-corrected chi connectivity index (χ2v) is 28.4. The molecule has 0 bridgehead atoms. The minimum absolute atomic E-state index is 0.0147. The molecule has 5 rings (SSSR count). The molecule has 91 heavy (non-hydrogen) atoms. The highest BCUT2D eigenvalue weighted by Gasteiger charge is 2.51. The van der Waals surface area contributed by atoms with Gasteiger partial charge in [-0.15, -0.1) is 11.6 Å². The molecule has 0 aromatic heterocycles. The fourth-order valence-electron chi connectivity index (χ4n) is 14.2. The van der Waals surface area contributed by atoms with E-state index in [1.54, 1.807) is 34.6 Å². The van der Waals surface area contributed by atoms with Crippen LogP contribution in [0.1, 0.15) is 184 Å². The van der Waals surface area contributed by atoms with Crippen LogP contribution in [0, 0.1) is 35.5 Å². The third kappa shape index (κ3) is 20.1. The summed E-state index contributed by atoms with van der Waals surface area (Å²) < 4.78 is 41.7. The third-order valence-electron chi connectivity index (χ3n) is 20.0. The molecule has 2 aliphatic heterocycles. The molecule has 3 aliphatic carbocycles. The summed E-state index contributed by atoms with van der Waals surface area (Å²) in [6, 6.07) is -7.57. The van der Waals surface area contributed by atoms with Gasteiger partial charge in [0, 0.05) is 66.2 Å². The molecule has 4 N–H and O–H groups in total. The quantitative estimate of drug-likeness (QED) is 0.185. The summed E-state index contributed by atoms with van der Waals surface area (Å²) >= 11 is 6.36. The summed E-state index contributed by atoms with van der Waals surface area (Å²) in [7, 11) is 7.24. The number of likely N-dealkylation sites (N-methyl/N-ethyl adjacent to an activating group) is 6. The van der Waals surface area contributed by atoms with Crippen LogP contribution in [-0.4, -0.2) is 227 Å². The van der Waals surface area contributed by atoms with E-state index in [2.05, 4.69) is 21.3 Å².